The summed E-state index contributed by atoms with van der Waals surface area (Å²) in [5.74, 6) is 0.965. The molecule has 0 aromatic carbocycles. The van der Waals surface area contributed by atoms with Crippen molar-refractivity contribution in [2.24, 2.45) is 17.6 Å². The number of halogens is 1. The van der Waals surface area contributed by atoms with Gasteiger partial charge in [0.1, 0.15) is 0 Å². The molecular formula is C15H31ClN2O. The Kier molecular flexibility index (Phi) is 10.3. The van der Waals surface area contributed by atoms with Gasteiger partial charge in [0.15, 0.2) is 0 Å². The first-order chi connectivity index (χ1) is 8.65. The van der Waals surface area contributed by atoms with Crippen molar-refractivity contribution in [1.82, 2.24) is 5.32 Å². The minimum Gasteiger partial charge on any atom is -0.354 e. The first-order valence-corrected chi connectivity index (χ1v) is 7.68. The van der Waals surface area contributed by atoms with Crippen LogP contribution in [0, 0.1) is 11.8 Å². The summed E-state index contributed by atoms with van der Waals surface area (Å²) in [5.41, 5.74) is 5.93. The lowest BCUT2D eigenvalue weighted by Gasteiger charge is -2.22. The van der Waals surface area contributed by atoms with Gasteiger partial charge in [-0.25, -0.2) is 0 Å². The molecule has 0 aromatic rings. The van der Waals surface area contributed by atoms with E-state index in [1.165, 1.54) is 44.9 Å². The number of carbonyl (C=O) groups excluding carboxylic acids is 1. The summed E-state index contributed by atoms with van der Waals surface area (Å²) in [5, 5.41) is 3.05. The third kappa shape index (κ3) is 7.17. The highest BCUT2D eigenvalue weighted by molar-refractivity contribution is 5.85. The van der Waals surface area contributed by atoms with Crippen LogP contribution >= 0.6 is 12.4 Å². The Morgan fingerprint density at radius 1 is 1.21 bits per heavy atom. The summed E-state index contributed by atoms with van der Waals surface area (Å²) in [6, 6.07) is -0.344. The maximum absolute atomic E-state index is 11.9. The maximum Gasteiger partial charge on any atom is 0.237 e. The normalized spacial score (nSPS) is 20.6. The molecule has 4 heteroatoms. The zero-order chi connectivity index (χ0) is 13.4. The van der Waals surface area contributed by atoms with E-state index in [0.29, 0.717) is 5.92 Å². The first-order valence-electron chi connectivity index (χ1n) is 7.68. The molecule has 1 amide bonds. The van der Waals surface area contributed by atoms with Gasteiger partial charge in [0.2, 0.25) is 5.91 Å². The van der Waals surface area contributed by atoms with Crippen molar-refractivity contribution < 1.29 is 4.79 Å². The fourth-order valence-electron chi connectivity index (χ4n) is 2.62. The fourth-order valence-corrected chi connectivity index (χ4v) is 2.62. The van der Waals surface area contributed by atoms with Crippen molar-refractivity contribution in [2.75, 3.05) is 6.54 Å². The van der Waals surface area contributed by atoms with Gasteiger partial charge in [0.25, 0.3) is 0 Å². The van der Waals surface area contributed by atoms with Gasteiger partial charge in [0.05, 0.1) is 6.04 Å². The van der Waals surface area contributed by atoms with Crippen molar-refractivity contribution in [3.63, 3.8) is 0 Å². The number of nitrogens with two attached hydrogens (primary N) is 1. The predicted octanol–water partition coefficient (Wildman–Crippen LogP) is 3.26. The van der Waals surface area contributed by atoms with E-state index in [4.69, 9.17) is 5.73 Å². The van der Waals surface area contributed by atoms with Gasteiger partial charge in [-0.2, -0.15) is 0 Å². The summed E-state index contributed by atoms with van der Waals surface area (Å²) in [6.07, 6.45) is 10.2. The second kappa shape index (κ2) is 10.5. The second-order valence-electron chi connectivity index (χ2n) is 5.87. The number of carbonyl (C=O) groups is 1. The Bertz CT molecular complexity index is 240. The molecule has 0 radical (unpaired) electrons. The van der Waals surface area contributed by atoms with E-state index in [1.54, 1.807) is 0 Å². The van der Waals surface area contributed by atoms with Crippen LogP contribution in [-0.2, 0) is 4.79 Å². The lowest BCUT2D eigenvalue weighted by atomic mass is 9.91. The first kappa shape index (κ1) is 18.7. The monoisotopic (exact) mass is 290 g/mol. The van der Waals surface area contributed by atoms with Gasteiger partial charge in [-0.15, -0.1) is 12.4 Å². The van der Waals surface area contributed by atoms with Crippen LogP contribution in [0.3, 0.4) is 0 Å². The standard InChI is InChI=1S/C15H30N2O.ClH/c1-3-12(2)14(16)15(18)17-11-13-9-7-5-4-6-8-10-13;/h12-14H,3-11,16H2,1-2H3,(H,17,18);1H. The van der Waals surface area contributed by atoms with Crippen molar-refractivity contribution in [2.45, 2.75) is 71.3 Å². The van der Waals surface area contributed by atoms with Crippen LogP contribution in [0.5, 0.6) is 0 Å². The molecule has 1 aliphatic rings. The van der Waals surface area contributed by atoms with Gasteiger partial charge in [-0.05, 0) is 24.7 Å². The van der Waals surface area contributed by atoms with Crippen molar-refractivity contribution in [3.05, 3.63) is 0 Å². The van der Waals surface area contributed by atoms with Crippen LogP contribution in [0.2, 0.25) is 0 Å². The Labute approximate surface area is 124 Å². The van der Waals surface area contributed by atoms with E-state index in [2.05, 4.69) is 12.2 Å². The quantitative estimate of drug-likeness (QED) is 0.816. The lowest BCUT2D eigenvalue weighted by Crippen LogP contribution is -2.45. The largest absolute Gasteiger partial charge is 0.354 e. The zero-order valence-corrected chi connectivity index (χ0v) is 13.3. The van der Waals surface area contributed by atoms with E-state index in [9.17, 15) is 4.79 Å². The summed E-state index contributed by atoms with van der Waals surface area (Å²) in [6.45, 7) is 4.94. The highest BCUT2D eigenvalue weighted by Gasteiger charge is 2.20. The van der Waals surface area contributed by atoms with Gasteiger partial charge in [0, 0.05) is 6.54 Å². The highest BCUT2D eigenvalue weighted by atomic mass is 35.5. The Balaban J connectivity index is 0.00000324. The molecule has 19 heavy (non-hydrogen) atoms. The van der Waals surface area contributed by atoms with E-state index in [1.807, 2.05) is 6.92 Å². The number of nitrogens with one attached hydrogen (secondary N) is 1. The van der Waals surface area contributed by atoms with Crippen LogP contribution in [-0.4, -0.2) is 18.5 Å². The van der Waals surface area contributed by atoms with Crippen molar-refractivity contribution in [1.29, 1.82) is 0 Å². The SMILES string of the molecule is CCC(C)C(N)C(=O)NCC1CCCCCCC1.Cl. The molecule has 0 spiro atoms. The van der Waals surface area contributed by atoms with E-state index < -0.39 is 0 Å². The van der Waals surface area contributed by atoms with Crippen LogP contribution < -0.4 is 11.1 Å². The predicted molar refractivity (Wildman–Crippen MR) is 83.5 cm³/mol. The molecule has 1 fully saturated rings. The van der Waals surface area contributed by atoms with Crippen LogP contribution in [0.15, 0.2) is 0 Å². The molecule has 2 unspecified atom stereocenters. The zero-order valence-electron chi connectivity index (χ0n) is 12.5. The maximum atomic E-state index is 11.9. The van der Waals surface area contributed by atoms with Crippen LogP contribution in [0.1, 0.15) is 65.2 Å². The summed E-state index contributed by atoms with van der Waals surface area (Å²) in [4.78, 5) is 11.9. The third-order valence-corrected chi connectivity index (χ3v) is 4.35. The van der Waals surface area contributed by atoms with Crippen molar-refractivity contribution in [3.8, 4) is 0 Å². The second-order valence-corrected chi connectivity index (χ2v) is 5.87. The summed E-state index contributed by atoms with van der Waals surface area (Å²) in [7, 11) is 0. The summed E-state index contributed by atoms with van der Waals surface area (Å²) < 4.78 is 0. The molecule has 0 heterocycles. The molecule has 3 nitrogen and oxygen atoms in total. The van der Waals surface area contributed by atoms with E-state index in [-0.39, 0.29) is 30.3 Å². The van der Waals surface area contributed by atoms with E-state index in [0.717, 1.165) is 13.0 Å². The molecule has 1 rings (SSSR count). The number of amides is 1. The average molecular weight is 291 g/mol. The van der Waals surface area contributed by atoms with Crippen LogP contribution in [0.4, 0.5) is 0 Å². The molecule has 0 aliphatic heterocycles. The van der Waals surface area contributed by atoms with Gasteiger partial charge in [-0.3, -0.25) is 4.79 Å². The number of hydrogen-bond acceptors (Lipinski definition) is 2. The Morgan fingerprint density at radius 2 is 1.74 bits per heavy atom. The minimum atomic E-state index is -0.344. The third-order valence-electron chi connectivity index (χ3n) is 4.35. The molecule has 0 bridgehead atoms. The number of hydrogen-bond donors (Lipinski definition) is 2. The molecule has 3 N–H and O–H groups in total. The molecular weight excluding hydrogens is 260 g/mol. The molecule has 114 valence electrons. The van der Waals surface area contributed by atoms with Crippen LogP contribution in [0.25, 0.3) is 0 Å². The molecule has 0 saturated heterocycles. The average Bonchev–Trinajstić information content (AvgIpc) is 2.35. The van der Waals surface area contributed by atoms with Gasteiger partial charge in [-0.1, -0.05) is 52.4 Å². The van der Waals surface area contributed by atoms with E-state index >= 15 is 0 Å². The molecule has 0 aromatic heterocycles. The summed E-state index contributed by atoms with van der Waals surface area (Å²) >= 11 is 0. The molecule has 1 saturated carbocycles. The molecule has 2 atom stereocenters. The van der Waals surface area contributed by atoms with Gasteiger partial charge >= 0.3 is 0 Å². The minimum absolute atomic E-state index is 0. The Morgan fingerprint density at radius 3 is 2.26 bits per heavy atom. The lowest BCUT2D eigenvalue weighted by molar-refractivity contribution is -0.123. The van der Waals surface area contributed by atoms with Gasteiger partial charge < -0.3 is 11.1 Å². The smallest absolute Gasteiger partial charge is 0.237 e. The highest BCUT2D eigenvalue weighted by Crippen LogP contribution is 2.21. The topological polar surface area (TPSA) is 55.1 Å². The Hall–Kier alpha value is -0.280. The fraction of sp³-hybridized carbons (Fsp3) is 0.933. The van der Waals surface area contributed by atoms with Crippen molar-refractivity contribution >= 4 is 18.3 Å². The number of rotatable bonds is 5. The molecule has 1 aliphatic carbocycles.